The van der Waals surface area contributed by atoms with Gasteiger partial charge in [-0.05, 0) is 49.2 Å². The smallest absolute Gasteiger partial charge is 0.305 e. The molecule has 0 unspecified atom stereocenters. The lowest BCUT2D eigenvalue weighted by atomic mass is 10.0. The number of para-hydroxylation sites is 1. The van der Waals surface area contributed by atoms with Crippen LogP contribution in [0.15, 0.2) is 54.9 Å². The number of halogens is 3. The predicted molar refractivity (Wildman–Crippen MR) is 166 cm³/mol. The number of aryl methyl sites for hydroxylation is 1. The zero-order chi connectivity index (χ0) is 34.0. The molecule has 1 amide bonds. The molecule has 1 fully saturated rings. The highest BCUT2D eigenvalue weighted by Gasteiger charge is 2.46. The van der Waals surface area contributed by atoms with Gasteiger partial charge in [0.15, 0.2) is 12.0 Å². The molecule has 0 bridgehead atoms. The quantitative estimate of drug-likeness (QED) is 0.229. The summed E-state index contributed by atoms with van der Waals surface area (Å²) in [6.07, 6.45) is -1.69. The van der Waals surface area contributed by atoms with E-state index in [1.54, 1.807) is 61.2 Å². The van der Waals surface area contributed by atoms with Gasteiger partial charge in [-0.1, -0.05) is 29.8 Å². The first-order valence-corrected chi connectivity index (χ1v) is 15.0. The first-order chi connectivity index (χ1) is 22.3. The Bertz CT molecular complexity index is 1820. The maximum Gasteiger partial charge on any atom is 0.305 e. The van der Waals surface area contributed by atoms with Crippen molar-refractivity contribution in [1.29, 1.82) is 0 Å². The highest BCUT2D eigenvalue weighted by atomic mass is 35.5. The van der Waals surface area contributed by atoms with Crippen LogP contribution in [0.2, 0.25) is 5.02 Å². The van der Waals surface area contributed by atoms with Crippen molar-refractivity contribution in [3.8, 4) is 11.4 Å². The number of benzene rings is 2. The number of carbonyl (C=O) groups excluding carboxylic acids is 3. The first kappa shape index (κ1) is 33.7. The van der Waals surface area contributed by atoms with Crippen LogP contribution in [0.1, 0.15) is 43.6 Å². The van der Waals surface area contributed by atoms with Gasteiger partial charge < -0.3 is 19.9 Å². The average molecular weight is 671 g/mol. The number of alkyl halides is 1. The minimum absolute atomic E-state index is 0.0727. The van der Waals surface area contributed by atoms with Crippen LogP contribution in [-0.2, 0) is 30.3 Å². The molecular weight excluding hydrogens is 638 g/mol. The number of carbonyl (C=O) groups is 3. The van der Waals surface area contributed by atoms with E-state index in [9.17, 15) is 18.8 Å². The molecule has 4 atom stereocenters. The monoisotopic (exact) mass is 670 g/mol. The van der Waals surface area contributed by atoms with E-state index in [2.05, 4.69) is 10.1 Å². The molecule has 4 aromatic rings. The topological polar surface area (TPSA) is 142 Å². The third-order valence-corrected chi connectivity index (χ3v) is 7.75. The molecule has 5 rings (SSSR count). The lowest BCUT2D eigenvalue weighted by Crippen LogP contribution is -2.48. The van der Waals surface area contributed by atoms with E-state index in [0.717, 1.165) is 6.20 Å². The molecule has 1 aliphatic rings. The fraction of sp³-hybridized carbons (Fsp3) is 0.344. The minimum atomic E-state index is -1.81. The molecule has 47 heavy (non-hydrogen) atoms. The lowest BCUT2D eigenvalue weighted by Gasteiger charge is -2.32. The zero-order valence-electron chi connectivity index (χ0n) is 26.0. The van der Waals surface area contributed by atoms with E-state index < -0.39 is 48.6 Å². The van der Waals surface area contributed by atoms with Crippen LogP contribution in [0.4, 0.5) is 8.78 Å². The summed E-state index contributed by atoms with van der Waals surface area (Å²) in [5.74, 6) is -2.25. The van der Waals surface area contributed by atoms with Crippen molar-refractivity contribution in [3.05, 3.63) is 82.5 Å². The Balaban J connectivity index is 1.39. The molecule has 0 saturated carbocycles. The van der Waals surface area contributed by atoms with Crippen LogP contribution in [0.25, 0.3) is 16.6 Å². The maximum absolute atomic E-state index is 15.6. The summed E-state index contributed by atoms with van der Waals surface area (Å²) in [5, 5.41) is 4.96. The van der Waals surface area contributed by atoms with E-state index in [1.807, 2.05) is 0 Å². The highest BCUT2D eigenvalue weighted by molar-refractivity contribution is 6.30. The van der Waals surface area contributed by atoms with Crippen molar-refractivity contribution in [2.45, 2.75) is 59.1 Å². The SMILES string of the molecule is CC(=O)O[C@@H]1N(CC(N)=O)[C@@H](OC(C)=O)CN1[C@@H](C)c1cc(Cl)cc(C[C@H](F)Oc2cccc3c(-n4cc(F)cn4)cc(C)nc23)c1. The summed E-state index contributed by atoms with van der Waals surface area (Å²) in [6.45, 7) is 5.74. The molecule has 1 saturated heterocycles. The lowest BCUT2D eigenvalue weighted by molar-refractivity contribution is -0.182. The fourth-order valence-electron chi connectivity index (χ4n) is 5.63. The Labute approximate surface area is 273 Å². The molecule has 1 aliphatic heterocycles. The van der Waals surface area contributed by atoms with Gasteiger partial charge in [-0.25, -0.2) is 28.2 Å². The van der Waals surface area contributed by atoms with Gasteiger partial charge in [0.1, 0.15) is 11.3 Å². The molecule has 12 nitrogen and oxygen atoms in total. The van der Waals surface area contributed by atoms with E-state index in [1.165, 1.54) is 29.6 Å². The number of amides is 1. The van der Waals surface area contributed by atoms with Crippen molar-refractivity contribution in [2.24, 2.45) is 5.73 Å². The van der Waals surface area contributed by atoms with Crippen LogP contribution in [-0.4, -0.2) is 74.4 Å². The van der Waals surface area contributed by atoms with E-state index in [-0.39, 0.29) is 25.3 Å². The molecule has 0 aliphatic carbocycles. The van der Waals surface area contributed by atoms with Gasteiger partial charge in [0, 0.05) is 42.4 Å². The summed E-state index contributed by atoms with van der Waals surface area (Å²) in [6, 6.07) is 11.3. The first-order valence-electron chi connectivity index (χ1n) is 14.6. The number of hydrogen-bond donors (Lipinski definition) is 1. The number of nitrogens with two attached hydrogens (primary N) is 1. The maximum atomic E-state index is 15.6. The third kappa shape index (κ3) is 7.84. The largest absolute Gasteiger partial charge is 0.458 e. The Morgan fingerprint density at radius 2 is 1.87 bits per heavy atom. The second-order valence-electron chi connectivity index (χ2n) is 11.2. The van der Waals surface area contributed by atoms with E-state index >= 15 is 4.39 Å². The van der Waals surface area contributed by atoms with E-state index in [4.69, 9.17) is 31.5 Å². The molecule has 3 heterocycles. The second kappa shape index (κ2) is 14.0. The Morgan fingerprint density at radius 3 is 2.53 bits per heavy atom. The van der Waals surface area contributed by atoms with Crippen LogP contribution in [0, 0.1) is 12.7 Å². The number of pyridine rings is 1. The van der Waals surface area contributed by atoms with Crippen LogP contribution < -0.4 is 10.5 Å². The molecule has 0 spiro atoms. The summed E-state index contributed by atoms with van der Waals surface area (Å²) < 4.78 is 47.4. The molecular formula is C32H33ClF2N6O6. The summed E-state index contributed by atoms with van der Waals surface area (Å²) in [7, 11) is 0. The van der Waals surface area contributed by atoms with Gasteiger partial charge in [0.25, 0.3) is 0 Å². The summed E-state index contributed by atoms with van der Waals surface area (Å²) in [4.78, 5) is 43.4. The molecule has 2 N–H and O–H groups in total. The van der Waals surface area contributed by atoms with Crippen molar-refractivity contribution in [3.63, 3.8) is 0 Å². The number of fused-ring (bicyclic) bond motifs is 1. The molecule has 15 heteroatoms. The number of nitrogens with zero attached hydrogens (tertiary/aromatic N) is 5. The van der Waals surface area contributed by atoms with Gasteiger partial charge in [-0.3, -0.25) is 14.4 Å². The number of esters is 2. The van der Waals surface area contributed by atoms with Crippen LogP contribution in [0.3, 0.4) is 0 Å². The fourth-order valence-corrected chi connectivity index (χ4v) is 5.90. The normalized spacial score (nSPS) is 18.2. The molecule has 2 aromatic carbocycles. The number of rotatable bonds is 11. The summed E-state index contributed by atoms with van der Waals surface area (Å²) in [5.41, 5.74) is 8.13. The van der Waals surface area contributed by atoms with Gasteiger partial charge in [-0.15, -0.1) is 0 Å². The van der Waals surface area contributed by atoms with Gasteiger partial charge >= 0.3 is 11.9 Å². The van der Waals surface area contributed by atoms with Crippen LogP contribution >= 0.6 is 11.6 Å². The van der Waals surface area contributed by atoms with Gasteiger partial charge in [0.05, 0.1) is 31.2 Å². The van der Waals surface area contributed by atoms with Crippen molar-refractivity contribution in [1.82, 2.24) is 24.6 Å². The highest BCUT2D eigenvalue weighted by Crippen LogP contribution is 2.34. The van der Waals surface area contributed by atoms with Gasteiger partial charge in [-0.2, -0.15) is 5.10 Å². The average Bonchev–Trinajstić information content (AvgIpc) is 3.54. The Morgan fingerprint density at radius 1 is 1.13 bits per heavy atom. The van der Waals surface area contributed by atoms with Crippen molar-refractivity contribution in [2.75, 3.05) is 13.1 Å². The number of primary amides is 1. The van der Waals surface area contributed by atoms with Crippen molar-refractivity contribution < 1.29 is 37.4 Å². The second-order valence-corrected chi connectivity index (χ2v) is 11.6. The molecule has 0 radical (unpaired) electrons. The Hall–Kier alpha value is -4.66. The third-order valence-electron chi connectivity index (χ3n) is 7.53. The standard InChI is InChI=1S/C32H33ClF2N6O6/c1-17-8-26(41-14-24(34)13-37-41)25-6-5-7-27(31(25)38-17)47-28(35)11-21-9-22(12-23(33)10-21)18(2)39-16-30(45-19(3)42)40(15-29(36)44)32(39)46-20(4)43/h5-10,12-14,18,28,30,32H,11,15-16H2,1-4H3,(H2,36,44)/t18-,28+,30-,32-/m0/s1. The predicted octanol–water partition coefficient (Wildman–Crippen LogP) is 4.34. The van der Waals surface area contributed by atoms with Gasteiger partial charge in [0.2, 0.25) is 18.6 Å². The van der Waals surface area contributed by atoms with Crippen LogP contribution in [0.5, 0.6) is 5.75 Å². The zero-order valence-corrected chi connectivity index (χ0v) is 26.8. The van der Waals surface area contributed by atoms with E-state index in [0.29, 0.717) is 38.4 Å². The van der Waals surface area contributed by atoms with Crippen molar-refractivity contribution >= 4 is 40.3 Å². The molecule has 248 valence electrons. The Kier molecular flexibility index (Phi) is 10.0. The number of aromatic nitrogens is 3. The molecule has 2 aromatic heterocycles. The minimum Gasteiger partial charge on any atom is -0.458 e. The number of hydrogen-bond acceptors (Lipinski definition) is 10. The summed E-state index contributed by atoms with van der Waals surface area (Å²) >= 11 is 6.48. The number of ether oxygens (including phenoxy) is 3.